The van der Waals surface area contributed by atoms with E-state index in [0.717, 1.165) is 48.7 Å². The Bertz CT molecular complexity index is 555. The van der Waals surface area contributed by atoms with Crippen LogP contribution >= 0.6 is 0 Å². The second kappa shape index (κ2) is 4.70. The van der Waals surface area contributed by atoms with Crippen molar-refractivity contribution in [2.75, 3.05) is 6.61 Å². The molecule has 0 atom stereocenters. The van der Waals surface area contributed by atoms with E-state index in [1.54, 1.807) is 0 Å². The summed E-state index contributed by atoms with van der Waals surface area (Å²) in [6.07, 6.45) is 4.90. The Hall–Kier alpha value is -1.81. The Morgan fingerprint density at radius 3 is 2.68 bits per heavy atom. The molecule has 0 unspecified atom stereocenters. The molecule has 0 amide bonds. The van der Waals surface area contributed by atoms with Gasteiger partial charge in [-0.15, -0.1) is 0 Å². The average molecular weight is 257 g/mol. The highest BCUT2D eigenvalue weighted by Crippen LogP contribution is 2.41. The molecule has 0 bridgehead atoms. The number of nitrogens with one attached hydrogen (secondary N) is 1. The summed E-state index contributed by atoms with van der Waals surface area (Å²) in [6, 6.07) is 8.05. The molecule has 1 aromatic heterocycles. The normalized spacial score (nSPS) is 16.3. The monoisotopic (exact) mass is 257 g/mol. The molecule has 0 saturated heterocycles. The first-order chi connectivity index (χ1) is 9.21. The van der Waals surface area contributed by atoms with Gasteiger partial charge in [0, 0.05) is 0 Å². The number of nitrogens with zero attached hydrogens (tertiary/aromatic N) is 1. The fourth-order valence-electron chi connectivity index (χ4n) is 2.04. The van der Waals surface area contributed by atoms with Crippen LogP contribution in [0.2, 0.25) is 0 Å². The molecular formula is C15H19N3O. The Labute approximate surface area is 113 Å². The molecule has 19 heavy (non-hydrogen) atoms. The van der Waals surface area contributed by atoms with E-state index in [0.29, 0.717) is 0 Å². The van der Waals surface area contributed by atoms with E-state index >= 15 is 0 Å². The molecule has 1 aromatic carbocycles. The van der Waals surface area contributed by atoms with E-state index in [2.05, 4.69) is 16.9 Å². The second-order valence-electron chi connectivity index (χ2n) is 5.17. The molecule has 1 saturated carbocycles. The van der Waals surface area contributed by atoms with Crippen LogP contribution in [-0.2, 0) is 5.54 Å². The van der Waals surface area contributed by atoms with Crippen LogP contribution in [0.1, 0.15) is 32.0 Å². The quantitative estimate of drug-likeness (QED) is 0.865. The zero-order chi connectivity index (χ0) is 13.3. The standard InChI is InChI=1S/C15H19N3O/c1-2-9-19-12-5-3-11(4-6-12)13-10-17-14(18-13)15(16)7-8-15/h3-6,10H,2,7-9,16H2,1H3,(H,17,18). The average Bonchev–Trinajstić information content (AvgIpc) is 3.00. The number of hydrogen-bond donors (Lipinski definition) is 2. The molecule has 1 heterocycles. The van der Waals surface area contributed by atoms with Crippen molar-refractivity contribution in [2.24, 2.45) is 5.73 Å². The van der Waals surface area contributed by atoms with Gasteiger partial charge >= 0.3 is 0 Å². The highest BCUT2D eigenvalue weighted by molar-refractivity contribution is 5.59. The fourth-order valence-corrected chi connectivity index (χ4v) is 2.04. The van der Waals surface area contributed by atoms with Gasteiger partial charge in [0.1, 0.15) is 11.6 Å². The predicted octanol–water partition coefficient (Wildman–Crippen LogP) is 2.81. The van der Waals surface area contributed by atoms with Crippen LogP contribution in [0.5, 0.6) is 5.75 Å². The summed E-state index contributed by atoms with van der Waals surface area (Å²) >= 11 is 0. The van der Waals surface area contributed by atoms with E-state index in [4.69, 9.17) is 10.5 Å². The van der Waals surface area contributed by atoms with Gasteiger partial charge in [-0.05, 0) is 49.1 Å². The first-order valence-corrected chi connectivity index (χ1v) is 6.79. The summed E-state index contributed by atoms with van der Waals surface area (Å²) in [4.78, 5) is 7.70. The van der Waals surface area contributed by atoms with Gasteiger partial charge < -0.3 is 15.5 Å². The Morgan fingerprint density at radius 1 is 1.32 bits per heavy atom. The minimum absolute atomic E-state index is 0.206. The number of ether oxygens (including phenoxy) is 1. The lowest BCUT2D eigenvalue weighted by atomic mass is 10.1. The summed E-state index contributed by atoms with van der Waals surface area (Å²) in [5.74, 6) is 1.80. The van der Waals surface area contributed by atoms with Crippen LogP contribution < -0.4 is 10.5 Å². The minimum Gasteiger partial charge on any atom is -0.494 e. The summed E-state index contributed by atoms with van der Waals surface area (Å²) in [6.45, 7) is 2.85. The smallest absolute Gasteiger partial charge is 0.126 e. The van der Waals surface area contributed by atoms with Crippen LogP contribution in [0.25, 0.3) is 11.3 Å². The van der Waals surface area contributed by atoms with Crippen LogP contribution in [-0.4, -0.2) is 16.6 Å². The third-order valence-corrected chi connectivity index (χ3v) is 3.47. The topological polar surface area (TPSA) is 63.9 Å². The highest BCUT2D eigenvalue weighted by Gasteiger charge is 2.42. The van der Waals surface area contributed by atoms with E-state index in [1.165, 1.54) is 0 Å². The lowest BCUT2D eigenvalue weighted by Gasteiger charge is -2.05. The molecule has 4 heteroatoms. The van der Waals surface area contributed by atoms with Crippen molar-refractivity contribution >= 4 is 0 Å². The largest absolute Gasteiger partial charge is 0.494 e. The molecule has 1 fully saturated rings. The minimum atomic E-state index is -0.206. The summed E-state index contributed by atoms with van der Waals surface area (Å²) in [5, 5.41) is 0. The molecule has 0 aliphatic heterocycles. The predicted molar refractivity (Wildman–Crippen MR) is 74.9 cm³/mol. The van der Waals surface area contributed by atoms with Crippen LogP contribution in [0.15, 0.2) is 30.5 Å². The Kier molecular flexibility index (Phi) is 3.03. The highest BCUT2D eigenvalue weighted by atomic mass is 16.5. The number of hydrogen-bond acceptors (Lipinski definition) is 3. The van der Waals surface area contributed by atoms with Gasteiger partial charge in [-0.3, -0.25) is 0 Å². The van der Waals surface area contributed by atoms with Gasteiger partial charge in [0.25, 0.3) is 0 Å². The van der Waals surface area contributed by atoms with E-state index in [-0.39, 0.29) is 5.54 Å². The van der Waals surface area contributed by atoms with Gasteiger partial charge in [-0.2, -0.15) is 0 Å². The lowest BCUT2D eigenvalue weighted by molar-refractivity contribution is 0.317. The summed E-state index contributed by atoms with van der Waals surface area (Å²) in [7, 11) is 0. The third kappa shape index (κ3) is 2.49. The molecule has 0 radical (unpaired) electrons. The molecule has 3 rings (SSSR count). The van der Waals surface area contributed by atoms with Gasteiger partial charge in [-0.1, -0.05) is 6.92 Å². The second-order valence-corrected chi connectivity index (χ2v) is 5.17. The van der Waals surface area contributed by atoms with Crippen LogP contribution in [0, 0.1) is 0 Å². The van der Waals surface area contributed by atoms with Gasteiger partial charge in [0.2, 0.25) is 0 Å². The van der Waals surface area contributed by atoms with Crippen LogP contribution in [0.3, 0.4) is 0 Å². The van der Waals surface area contributed by atoms with E-state index in [1.807, 2.05) is 30.5 Å². The number of nitrogens with two attached hydrogens (primary N) is 1. The SMILES string of the molecule is CCCOc1ccc(-c2cnc(C3(N)CC3)[nH]2)cc1. The molecule has 4 nitrogen and oxygen atoms in total. The summed E-state index contributed by atoms with van der Waals surface area (Å²) in [5.41, 5.74) is 8.03. The van der Waals surface area contributed by atoms with Crippen molar-refractivity contribution in [2.45, 2.75) is 31.7 Å². The molecule has 3 N–H and O–H groups in total. The number of aromatic nitrogens is 2. The van der Waals surface area contributed by atoms with Crippen molar-refractivity contribution in [1.29, 1.82) is 0 Å². The van der Waals surface area contributed by atoms with Gasteiger partial charge in [0.15, 0.2) is 0 Å². The van der Waals surface area contributed by atoms with E-state index < -0.39 is 0 Å². The fraction of sp³-hybridized carbons (Fsp3) is 0.400. The molecule has 2 aromatic rings. The lowest BCUT2D eigenvalue weighted by Crippen LogP contribution is -2.20. The maximum absolute atomic E-state index is 6.12. The zero-order valence-corrected chi connectivity index (χ0v) is 11.1. The first kappa shape index (κ1) is 12.2. The molecule has 1 aliphatic rings. The molecular weight excluding hydrogens is 238 g/mol. The van der Waals surface area contributed by atoms with Crippen molar-refractivity contribution in [3.05, 3.63) is 36.3 Å². The molecule has 100 valence electrons. The first-order valence-electron chi connectivity index (χ1n) is 6.79. The third-order valence-electron chi connectivity index (χ3n) is 3.47. The summed E-state index contributed by atoms with van der Waals surface area (Å²) < 4.78 is 5.57. The van der Waals surface area contributed by atoms with Gasteiger partial charge in [-0.25, -0.2) is 4.98 Å². The van der Waals surface area contributed by atoms with Crippen molar-refractivity contribution in [1.82, 2.24) is 9.97 Å². The number of rotatable bonds is 5. The molecule has 1 aliphatic carbocycles. The number of H-pyrrole nitrogens is 1. The van der Waals surface area contributed by atoms with Crippen molar-refractivity contribution in [3.8, 4) is 17.0 Å². The maximum atomic E-state index is 6.12. The van der Waals surface area contributed by atoms with Gasteiger partial charge in [0.05, 0.1) is 24.0 Å². The van der Waals surface area contributed by atoms with Crippen molar-refractivity contribution in [3.63, 3.8) is 0 Å². The maximum Gasteiger partial charge on any atom is 0.126 e. The zero-order valence-electron chi connectivity index (χ0n) is 11.1. The van der Waals surface area contributed by atoms with E-state index in [9.17, 15) is 0 Å². The number of imidazole rings is 1. The Morgan fingerprint density at radius 2 is 2.05 bits per heavy atom. The number of aromatic amines is 1. The van der Waals surface area contributed by atoms with Crippen LogP contribution in [0.4, 0.5) is 0 Å². The Balaban J connectivity index is 1.76. The number of benzene rings is 1. The van der Waals surface area contributed by atoms with Crippen molar-refractivity contribution < 1.29 is 4.74 Å². The molecule has 0 spiro atoms.